The van der Waals surface area contributed by atoms with E-state index in [9.17, 15) is 26.8 Å². The SMILES string of the molecule is O=C(OCCC1(COC(=O)C(F)(F)S(=O)(=O)O)CC2CCCC(C2)C1)C1CCC2CCCCC2C1. The van der Waals surface area contributed by atoms with Gasteiger partial charge in [-0.25, -0.2) is 4.79 Å². The first-order chi connectivity index (χ1) is 16.5. The molecule has 0 aromatic carbocycles. The highest BCUT2D eigenvalue weighted by atomic mass is 32.2. The number of esters is 2. The summed E-state index contributed by atoms with van der Waals surface area (Å²) < 4.78 is 68.5. The smallest absolute Gasteiger partial charge is 0.465 e. The Kier molecular flexibility index (Phi) is 8.10. The highest BCUT2D eigenvalue weighted by molar-refractivity contribution is 7.87. The molecule has 200 valence electrons. The number of rotatable bonds is 8. The first-order valence-electron chi connectivity index (χ1n) is 13.2. The largest absolute Gasteiger partial charge is 0.465 e. The van der Waals surface area contributed by atoms with Crippen LogP contribution >= 0.6 is 0 Å². The van der Waals surface area contributed by atoms with Crippen LogP contribution in [0.5, 0.6) is 0 Å². The van der Waals surface area contributed by atoms with Crippen molar-refractivity contribution in [1.82, 2.24) is 0 Å². The third-order valence-corrected chi connectivity index (χ3v) is 9.97. The maximum absolute atomic E-state index is 13.7. The summed E-state index contributed by atoms with van der Waals surface area (Å²) in [5.74, 6) is -0.480. The molecule has 4 aliphatic carbocycles. The first kappa shape index (κ1) is 26.8. The Hall–Kier alpha value is -1.29. The lowest BCUT2D eigenvalue weighted by Crippen LogP contribution is -2.44. The molecule has 0 heterocycles. The lowest BCUT2D eigenvalue weighted by Gasteiger charge is -2.47. The van der Waals surface area contributed by atoms with Crippen molar-refractivity contribution in [3.63, 3.8) is 0 Å². The van der Waals surface area contributed by atoms with E-state index in [1.165, 1.54) is 25.7 Å². The van der Waals surface area contributed by atoms with Crippen LogP contribution in [0.3, 0.4) is 0 Å². The molecule has 0 saturated heterocycles. The average Bonchev–Trinajstić information content (AvgIpc) is 2.81. The first-order valence-corrected chi connectivity index (χ1v) is 14.6. The van der Waals surface area contributed by atoms with Crippen molar-refractivity contribution < 1.29 is 40.8 Å². The zero-order chi connectivity index (χ0) is 25.3. The molecule has 5 atom stereocenters. The molecule has 4 aliphatic rings. The molecule has 0 aromatic rings. The van der Waals surface area contributed by atoms with E-state index in [1.807, 2.05) is 0 Å². The van der Waals surface area contributed by atoms with Crippen LogP contribution in [-0.2, 0) is 29.2 Å². The minimum absolute atomic E-state index is 0.0951. The van der Waals surface area contributed by atoms with Crippen molar-refractivity contribution in [2.45, 2.75) is 95.1 Å². The van der Waals surface area contributed by atoms with Crippen molar-refractivity contribution in [2.75, 3.05) is 13.2 Å². The minimum Gasteiger partial charge on any atom is -0.465 e. The molecule has 0 aromatic heterocycles. The highest BCUT2D eigenvalue weighted by Gasteiger charge is 2.55. The number of halogens is 2. The van der Waals surface area contributed by atoms with Crippen molar-refractivity contribution in [3.05, 3.63) is 0 Å². The van der Waals surface area contributed by atoms with Gasteiger partial charge in [-0.1, -0.05) is 44.9 Å². The third-order valence-electron chi connectivity index (χ3n) is 9.16. The van der Waals surface area contributed by atoms with Crippen LogP contribution in [0.4, 0.5) is 8.78 Å². The molecule has 35 heavy (non-hydrogen) atoms. The Labute approximate surface area is 206 Å². The molecule has 5 unspecified atom stereocenters. The van der Waals surface area contributed by atoms with E-state index in [0.29, 0.717) is 37.0 Å². The molecule has 4 rings (SSSR count). The highest BCUT2D eigenvalue weighted by Crippen LogP contribution is 2.51. The maximum atomic E-state index is 13.7. The molecular formula is C25H38F2O7S. The fourth-order valence-electron chi connectivity index (χ4n) is 7.46. The van der Waals surface area contributed by atoms with Crippen LogP contribution in [0.1, 0.15) is 89.9 Å². The summed E-state index contributed by atoms with van der Waals surface area (Å²) in [4.78, 5) is 24.7. The maximum Gasteiger partial charge on any atom is 0.465 e. The van der Waals surface area contributed by atoms with Crippen molar-refractivity contribution in [1.29, 1.82) is 0 Å². The van der Waals surface area contributed by atoms with E-state index in [0.717, 1.165) is 50.9 Å². The third kappa shape index (κ3) is 6.17. The molecule has 0 aliphatic heterocycles. The number of ether oxygens (including phenoxy) is 2. The van der Waals surface area contributed by atoms with Crippen molar-refractivity contribution in [3.8, 4) is 0 Å². The number of carbonyl (C=O) groups excluding carboxylic acids is 2. The lowest BCUT2D eigenvalue weighted by molar-refractivity contribution is -0.169. The second-order valence-electron chi connectivity index (χ2n) is 11.6. The summed E-state index contributed by atoms with van der Waals surface area (Å²) in [6, 6.07) is 0. The topological polar surface area (TPSA) is 107 Å². The van der Waals surface area contributed by atoms with Gasteiger partial charge >= 0.3 is 27.3 Å². The molecule has 10 heteroatoms. The van der Waals surface area contributed by atoms with E-state index in [2.05, 4.69) is 0 Å². The Morgan fingerprint density at radius 3 is 2.20 bits per heavy atom. The average molecular weight is 521 g/mol. The van der Waals surface area contributed by atoms with Gasteiger partial charge in [-0.15, -0.1) is 0 Å². The van der Waals surface area contributed by atoms with Gasteiger partial charge in [0, 0.05) is 5.41 Å². The zero-order valence-electron chi connectivity index (χ0n) is 20.3. The summed E-state index contributed by atoms with van der Waals surface area (Å²) >= 11 is 0. The van der Waals surface area contributed by atoms with Gasteiger partial charge in [0.05, 0.1) is 19.1 Å². The van der Waals surface area contributed by atoms with E-state index in [-0.39, 0.29) is 25.1 Å². The number of hydrogen-bond acceptors (Lipinski definition) is 6. The van der Waals surface area contributed by atoms with Crippen LogP contribution in [-0.4, -0.2) is 43.4 Å². The fraction of sp³-hybridized carbons (Fsp3) is 0.920. The second-order valence-corrected chi connectivity index (χ2v) is 13.1. The number of hydrogen-bond donors (Lipinski definition) is 1. The molecule has 0 spiro atoms. The Morgan fingerprint density at radius 2 is 1.54 bits per heavy atom. The van der Waals surface area contributed by atoms with Gasteiger partial charge in [-0.2, -0.15) is 17.2 Å². The van der Waals surface area contributed by atoms with Crippen LogP contribution in [0, 0.1) is 35.0 Å². The Bertz CT molecular complexity index is 878. The molecule has 7 nitrogen and oxygen atoms in total. The predicted molar refractivity (Wildman–Crippen MR) is 123 cm³/mol. The quantitative estimate of drug-likeness (QED) is 0.349. The van der Waals surface area contributed by atoms with Gasteiger partial charge in [-0.05, 0) is 68.6 Å². The van der Waals surface area contributed by atoms with E-state index in [4.69, 9.17) is 14.0 Å². The minimum atomic E-state index is -5.92. The molecule has 0 amide bonds. The summed E-state index contributed by atoms with van der Waals surface area (Å²) in [7, 11) is -5.92. The number of fused-ring (bicyclic) bond motifs is 3. The van der Waals surface area contributed by atoms with E-state index >= 15 is 0 Å². The van der Waals surface area contributed by atoms with Gasteiger partial charge < -0.3 is 9.47 Å². The van der Waals surface area contributed by atoms with Crippen LogP contribution in [0.2, 0.25) is 0 Å². The van der Waals surface area contributed by atoms with Gasteiger partial charge in [0.1, 0.15) is 0 Å². The Morgan fingerprint density at radius 1 is 0.886 bits per heavy atom. The molecule has 0 radical (unpaired) electrons. The van der Waals surface area contributed by atoms with Crippen molar-refractivity contribution >= 4 is 22.1 Å². The zero-order valence-corrected chi connectivity index (χ0v) is 21.1. The number of alkyl halides is 2. The predicted octanol–water partition coefficient (Wildman–Crippen LogP) is 5.14. The van der Waals surface area contributed by atoms with Crippen LogP contribution in [0.15, 0.2) is 0 Å². The number of carbonyl (C=O) groups is 2. The molecular weight excluding hydrogens is 482 g/mol. The van der Waals surface area contributed by atoms with Gasteiger partial charge in [0.2, 0.25) is 0 Å². The summed E-state index contributed by atoms with van der Waals surface area (Å²) in [6.45, 7) is -0.260. The molecule has 2 bridgehead atoms. The Balaban J connectivity index is 1.35. The normalized spacial score (nSPS) is 35.6. The van der Waals surface area contributed by atoms with Gasteiger partial charge in [0.25, 0.3) is 0 Å². The van der Waals surface area contributed by atoms with E-state index < -0.39 is 26.8 Å². The van der Waals surface area contributed by atoms with E-state index in [1.54, 1.807) is 0 Å². The second kappa shape index (κ2) is 10.6. The molecule has 4 fully saturated rings. The van der Waals surface area contributed by atoms with Crippen molar-refractivity contribution in [2.24, 2.45) is 35.0 Å². The molecule has 1 N–H and O–H groups in total. The lowest BCUT2D eigenvalue weighted by atomic mass is 9.60. The summed E-state index contributed by atoms with van der Waals surface area (Å²) in [5.41, 5.74) is -0.653. The fourth-order valence-corrected chi connectivity index (χ4v) is 7.73. The van der Waals surface area contributed by atoms with Crippen LogP contribution in [0.25, 0.3) is 0 Å². The van der Waals surface area contributed by atoms with Gasteiger partial charge in [-0.3, -0.25) is 9.35 Å². The van der Waals surface area contributed by atoms with Gasteiger partial charge in [0.15, 0.2) is 0 Å². The summed E-state index contributed by atoms with van der Waals surface area (Å²) in [6.07, 6.45) is 13.6. The molecule has 4 saturated carbocycles. The monoisotopic (exact) mass is 520 g/mol. The standard InChI is InChI=1S/C25H38F2O7S/c26-25(27,35(30,31)32)23(29)34-16-24(14-17-4-3-5-18(12-17)15-24)10-11-33-22(28)21-9-8-19-6-1-2-7-20(19)13-21/h17-21H,1-16H2,(H,30,31,32). The summed E-state index contributed by atoms with van der Waals surface area (Å²) in [5, 5.41) is -5.01. The van der Waals surface area contributed by atoms with Crippen LogP contribution < -0.4 is 0 Å².